The van der Waals surface area contributed by atoms with Crippen LogP contribution in [-0.4, -0.2) is 23.7 Å². The van der Waals surface area contributed by atoms with E-state index in [4.69, 9.17) is 4.74 Å². The molecule has 6 rings (SSSR count). The lowest BCUT2D eigenvalue weighted by atomic mass is 9.94. The summed E-state index contributed by atoms with van der Waals surface area (Å²) >= 11 is 2.11. The second-order valence-electron chi connectivity index (χ2n) is 11.1. The van der Waals surface area contributed by atoms with Crippen LogP contribution in [0.15, 0.2) is 97.6 Å². The molecule has 0 fully saturated rings. The van der Waals surface area contributed by atoms with Crippen molar-refractivity contribution in [2.45, 2.75) is 38.2 Å². The molecule has 240 valence electrons. The Morgan fingerprint density at radius 1 is 0.723 bits per heavy atom. The van der Waals surface area contributed by atoms with Gasteiger partial charge in [0.25, 0.3) is 0 Å². The van der Waals surface area contributed by atoms with Gasteiger partial charge in [0.1, 0.15) is 6.61 Å². The molecule has 47 heavy (non-hydrogen) atoms. The van der Waals surface area contributed by atoms with E-state index in [0.717, 1.165) is 28.2 Å². The molecular weight excluding hydrogens is 655 g/mol. The highest BCUT2D eigenvalue weighted by Crippen LogP contribution is 2.66. The summed E-state index contributed by atoms with van der Waals surface area (Å²) in [6, 6.07) is 24.7. The Kier molecular flexibility index (Phi) is 8.30. The number of hydrogen-bond donors (Lipinski definition) is 0. The maximum atomic E-state index is 15.6. The Morgan fingerprint density at radius 2 is 1.21 bits per heavy atom. The molecule has 5 aromatic rings. The molecular formula is C37H26F6O2S2. The van der Waals surface area contributed by atoms with Crippen molar-refractivity contribution in [3.63, 3.8) is 0 Å². The van der Waals surface area contributed by atoms with E-state index in [9.17, 15) is 4.79 Å². The quantitative estimate of drug-likeness (QED) is 0.120. The molecule has 1 aliphatic carbocycles. The molecule has 0 spiro atoms. The third-order valence-corrected chi connectivity index (χ3v) is 10.3. The van der Waals surface area contributed by atoms with Crippen molar-refractivity contribution >= 4 is 45.9 Å². The summed E-state index contributed by atoms with van der Waals surface area (Å²) < 4.78 is 97.8. The third-order valence-electron chi connectivity index (χ3n) is 8.09. The van der Waals surface area contributed by atoms with E-state index in [1.165, 1.54) is 26.0 Å². The Labute approximate surface area is 275 Å². The average Bonchev–Trinajstić information content (AvgIpc) is 3.66. The van der Waals surface area contributed by atoms with Crippen LogP contribution in [0.25, 0.3) is 38.1 Å². The van der Waals surface area contributed by atoms with Crippen molar-refractivity contribution in [1.82, 2.24) is 0 Å². The summed E-state index contributed by atoms with van der Waals surface area (Å²) in [5, 5.41) is 0. The summed E-state index contributed by atoms with van der Waals surface area (Å²) in [6.07, 6.45) is 1.65. The Bertz CT molecular complexity index is 2000. The van der Waals surface area contributed by atoms with Crippen LogP contribution in [0.3, 0.4) is 0 Å². The van der Waals surface area contributed by atoms with Crippen LogP contribution in [0, 0.1) is 13.8 Å². The van der Waals surface area contributed by atoms with Crippen molar-refractivity contribution in [2.24, 2.45) is 0 Å². The SMILES string of the molecule is C=Cc1ccc(C(=O)OCc2ccc(-c3cc(C4=C(c5cc(-c6ccccc6)sc5C)C(F)(F)C(F)(F)C4(F)F)c(C)s3)cc2)cc1. The van der Waals surface area contributed by atoms with Crippen molar-refractivity contribution in [3.8, 4) is 20.9 Å². The summed E-state index contributed by atoms with van der Waals surface area (Å²) in [4.78, 5) is 13.8. The predicted octanol–water partition coefficient (Wildman–Crippen LogP) is 11.6. The monoisotopic (exact) mass is 680 g/mol. The first kappa shape index (κ1) is 32.5. The number of benzene rings is 3. The van der Waals surface area contributed by atoms with E-state index < -0.39 is 34.9 Å². The van der Waals surface area contributed by atoms with Crippen LogP contribution in [0.1, 0.15) is 42.4 Å². The highest BCUT2D eigenvalue weighted by atomic mass is 32.1. The molecule has 0 amide bonds. The van der Waals surface area contributed by atoms with E-state index >= 15 is 26.3 Å². The van der Waals surface area contributed by atoms with E-state index in [1.807, 2.05) is 0 Å². The van der Waals surface area contributed by atoms with Gasteiger partial charge in [-0.3, -0.25) is 0 Å². The first-order valence-electron chi connectivity index (χ1n) is 14.4. The van der Waals surface area contributed by atoms with Crippen LogP contribution in [0.4, 0.5) is 26.3 Å². The summed E-state index contributed by atoms with van der Waals surface area (Å²) in [5.41, 5.74) is -0.312. The number of rotatable bonds is 8. The van der Waals surface area contributed by atoms with Gasteiger partial charge in [0.2, 0.25) is 0 Å². The number of allylic oxidation sites excluding steroid dienone is 2. The normalized spacial score (nSPS) is 16.3. The van der Waals surface area contributed by atoms with Crippen LogP contribution in [-0.2, 0) is 11.3 Å². The molecule has 0 aliphatic heterocycles. The molecule has 10 heteroatoms. The lowest BCUT2D eigenvalue weighted by molar-refractivity contribution is -0.254. The first-order valence-corrected chi connectivity index (χ1v) is 16.0. The van der Waals surface area contributed by atoms with Gasteiger partial charge in [-0.05, 0) is 71.5 Å². The summed E-state index contributed by atoms with van der Waals surface area (Å²) in [7, 11) is 0. The minimum atomic E-state index is -5.65. The van der Waals surface area contributed by atoms with E-state index in [-0.39, 0.29) is 27.5 Å². The van der Waals surface area contributed by atoms with E-state index in [2.05, 4.69) is 6.58 Å². The Morgan fingerprint density at radius 3 is 1.70 bits per heavy atom. The Balaban J connectivity index is 1.34. The number of ether oxygens (including phenoxy) is 1. The van der Waals surface area contributed by atoms with Gasteiger partial charge in [-0.2, -0.15) is 26.3 Å². The van der Waals surface area contributed by atoms with Gasteiger partial charge in [-0.25, -0.2) is 4.79 Å². The molecule has 0 atom stereocenters. The van der Waals surface area contributed by atoms with Crippen molar-refractivity contribution < 1.29 is 35.9 Å². The highest BCUT2D eigenvalue weighted by molar-refractivity contribution is 7.16. The molecule has 0 unspecified atom stereocenters. The zero-order valence-corrected chi connectivity index (χ0v) is 26.7. The molecule has 2 nitrogen and oxygen atoms in total. The largest absolute Gasteiger partial charge is 0.457 e. The van der Waals surface area contributed by atoms with Crippen LogP contribution < -0.4 is 0 Å². The number of hydrogen-bond acceptors (Lipinski definition) is 4. The van der Waals surface area contributed by atoms with E-state index in [1.54, 1.807) is 84.9 Å². The van der Waals surface area contributed by atoms with Crippen LogP contribution >= 0.6 is 22.7 Å². The Hall–Kier alpha value is -4.41. The fourth-order valence-corrected chi connectivity index (χ4v) is 7.60. The van der Waals surface area contributed by atoms with Gasteiger partial charge in [0.15, 0.2) is 0 Å². The molecule has 0 saturated carbocycles. The van der Waals surface area contributed by atoms with E-state index in [0.29, 0.717) is 32.0 Å². The number of esters is 1. The minimum Gasteiger partial charge on any atom is -0.457 e. The lowest BCUT2D eigenvalue weighted by Gasteiger charge is -2.25. The fraction of sp³-hybridized carbons (Fsp3) is 0.162. The second-order valence-corrected chi connectivity index (χ2v) is 13.6. The first-order chi connectivity index (χ1) is 22.3. The molecule has 0 N–H and O–H groups in total. The van der Waals surface area contributed by atoms with Gasteiger partial charge in [-0.1, -0.05) is 79.4 Å². The lowest BCUT2D eigenvalue weighted by Crippen LogP contribution is -2.48. The van der Waals surface area contributed by atoms with Gasteiger partial charge in [-0.15, -0.1) is 22.7 Å². The van der Waals surface area contributed by atoms with Gasteiger partial charge in [0.05, 0.1) is 5.56 Å². The van der Waals surface area contributed by atoms with Crippen molar-refractivity contribution in [3.05, 3.63) is 135 Å². The molecule has 2 aromatic heterocycles. The number of thiophene rings is 2. The molecule has 2 heterocycles. The maximum Gasteiger partial charge on any atom is 0.380 e. The third kappa shape index (κ3) is 5.53. The molecule has 3 aromatic carbocycles. The standard InChI is InChI=1S/C37H26F6O2S2/c1-4-23-10-16-27(17-11-23)34(44)45-20-24-12-14-26(15-13-24)31-19-29(22(3)47-31)33-32(35(38,39)37(42,43)36(33,40)41)28-18-30(46-21(28)2)25-8-6-5-7-9-25/h4-19H,1,20H2,2-3H3. The summed E-state index contributed by atoms with van der Waals surface area (Å²) in [6.45, 7) is 6.55. The summed E-state index contributed by atoms with van der Waals surface area (Å²) in [5.74, 6) is -16.4. The predicted molar refractivity (Wildman–Crippen MR) is 176 cm³/mol. The number of halogens is 6. The zero-order chi connectivity index (χ0) is 33.7. The number of carbonyl (C=O) groups is 1. The number of carbonyl (C=O) groups excluding carboxylic acids is 1. The van der Waals surface area contributed by atoms with Gasteiger partial charge in [0, 0.05) is 30.7 Å². The second kappa shape index (κ2) is 12.0. The highest BCUT2D eigenvalue weighted by Gasteiger charge is 2.80. The van der Waals surface area contributed by atoms with Crippen LogP contribution in [0.2, 0.25) is 0 Å². The number of alkyl halides is 6. The average molecular weight is 681 g/mol. The van der Waals surface area contributed by atoms with Crippen LogP contribution in [0.5, 0.6) is 0 Å². The molecule has 0 radical (unpaired) electrons. The molecule has 0 bridgehead atoms. The van der Waals surface area contributed by atoms with Crippen molar-refractivity contribution in [1.29, 1.82) is 0 Å². The zero-order valence-electron chi connectivity index (χ0n) is 25.1. The fourth-order valence-electron chi connectivity index (χ4n) is 5.53. The maximum absolute atomic E-state index is 15.6. The topological polar surface area (TPSA) is 26.3 Å². The number of aryl methyl sites for hydroxylation is 2. The minimum absolute atomic E-state index is 0.0331. The smallest absolute Gasteiger partial charge is 0.380 e. The van der Waals surface area contributed by atoms with Gasteiger partial charge < -0.3 is 4.74 Å². The molecule has 0 saturated heterocycles. The molecule has 1 aliphatic rings. The van der Waals surface area contributed by atoms with Gasteiger partial charge >= 0.3 is 23.7 Å². The van der Waals surface area contributed by atoms with Crippen molar-refractivity contribution in [2.75, 3.05) is 0 Å².